The molecule has 118 valence electrons. The number of ether oxygens (including phenoxy) is 2. The minimum Gasteiger partial charge on any atom is -0.496 e. The van der Waals surface area contributed by atoms with E-state index >= 15 is 0 Å². The van der Waals surface area contributed by atoms with Crippen LogP contribution in [0, 0.1) is 0 Å². The highest BCUT2D eigenvalue weighted by molar-refractivity contribution is 6.30. The van der Waals surface area contributed by atoms with E-state index in [0.717, 1.165) is 30.5 Å². The molecule has 0 spiro atoms. The van der Waals surface area contributed by atoms with Gasteiger partial charge in [0, 0.05) is 36.2 Å². The fraction of sp³-hybridized carbons (Fsp3) is 0.647. The molecule has 0 amide bonds. The van der Waals surface area contributed by atoms with E-state index in [1.165, 1.54) is 37.7 Å². The first-order chi connectivity index (χ1) is 10.2. The van der Waals surface area contributed by atoms with E-state index < -0.39 is 0 Å². The van der Waals surface area contributed by atoms with Crippen LogP contribution in [0.4, 0.5) is 0 Å². The van der Waals surface area contributed by atoms with E-state index in [-0.39, 0.29) is 5.41 Å². The Morgan fingerprint density at radius 1 is 1.19 bits per heavy atom. The van der Waals surface area contributed by atoms with Gasteiger partial charge in [-0.3, -0.25) is 0 Å². The van der Waals surface area contributed by atoms with Crippen molar-refractivity contribution >= 4 is 11.6 Å². The molecule has 1 aliphatic rings. The van der Waals surface area contributed by atoms with Gasteiger partial charge < -0.3 is 14.8 Å². The minimum atomic E-state index is 0.127. The second-order valence-electron chi connectivity index (χ2n) is 5.86. The lowest BCUT2D eigenvalue weighted by atomic mass is 9.69. The molecular weight excluding hydrogens is 286 g/mol. The highest BCUT2D eigenvalue weighted by Crippen LogP contribution is 2.43. The summed E-state index contributed by atoms with van der Waals surface area (Å²) in [5, 5.41) is 4.33. The Hall–Kier alpha value is -0.770. The Kier molecular flexibility index (Phi) is 6.34. The topological polar surface area (TPSA) is 30.5 Å². The van der Waals surface area contributed by atoms with Crippen molar-refractivity contribution in [3.05, 3.63) is 28.8 Å². The molecule has 3 nitrogen and oxygen atoms in total. The standard InChI is InChI=1S/C17H26ClNO2/c1-20-11-10-19-13-17(8-4-3-5-9-17)15-12-14(18)6-7-16(15)21-2/h6-7,12,19H,3-5,8-11,13H2,1-2H3. The van der Waals surface area contributed by atoms with Crippen molar-refractivity contribution in [2.75, 3.05) is 33.9 Å². The van der Waals surface area contributed by atoms with Crippen LogP contribution in [-0.2, 0) is 10.2 Å². The molecule has 2 rings (SSSR count). The van der Waals surface area contributed by atoms with Crippen LogP contribution in [0.15, 0.2) is 18.2 Å². The number of benzene rings is 1. The molecule has 1 aromatic rings. The van der Waals surface area contributed by atoms with E-state index in [1.807, 2.05) is 12.1 Å². The highest BCUT2D eigenvalue weighted by Gasteiger charge is 2.36. The first-order valence-electron chi connectivity index (χ1n) is 7.75. The largest absolute Gasteiger partial charge is 0.496 e. The fourth-order valence-corrected chi connectivity index (χ4v) is 3.54. The summed E-state index contributed by atoms with van der Waals surface area (Å²) >= 11 is 6.24. The third-order valence-corrected chi connectivity index (χ3v) is 4.72. The average Bonchev–Trinajstić information content (AvgIpc) is 2.52. The van der Waals surface area contributed by atoms with Crippen LogP contribution in [-0.4, -0.2) is 33.9 Å². The van der Waals surface area contributed by atoms with Gasteiger partial charge in [-0.1, -0.05) is 30.9 Å². The maximum absolute atomic E-state index is 6.24. The van der Waals surface area contributed by atoms with Crippen molar-refractivity contribution in [3.8, 4) is 5.75 Å². The summed E-state index contributed by atoms with van der Waals surface area (Å²) in [5.74, 6) is 0.954. The number of nitrogens with one attached hydrogen (secondary N) is 1. The number of hydrogen-bond acceptors (Lipinski definition) is 3. The van der Waals surface area contributed by atoms with Crippen molar-refractivity contribution < 1.29 is 9.47 Å². The summed E-state index contributed by atoms with van der Waals surface area (Å²) < 4.78 is 10.7. The Bertz CT molecular complexity index is 444. The van der Waals surface area contributed by atoms with E-state index in [1.54, 1.807) is 14.2 Å². The van der Waals surface area contributed by atoms with Crippen molar-refractivity contribution in [2.45, 2.75) is 37.5 Å². The minimum absolute atomic E-state index is 0.127. The van der Waals surface area contributed by atoms with Crippen LogP contribution in [0.2, 0.25) is 5.02 Å². The van der Waals surface area contributed by atoms with Crippen LogP contribution < -0.4 is 10.1 Å². The van der Waals surface area contributed by atoms with E-state index in [9.17, 15) is 0 Å². The van der Waals surface area contributed by atoms with Crippen LogP contribution in [0.5, 0.6) is 5.75 Å². The number of halogens is 1. The molecule has 1 saturated carbocycles. The van der Waals surface area contributed by atoms with Crippen LogP contribution in [0.1, 0.15) is 37.7 Å². The summed E-state index contributed by atoms with van der Waals surface area (Å²) in [6.07, 6.45) is 6.22. The smallest absolute Gasteiger partial charge is 0.122 e. The molecule has 1 aromatic carbocycles. The van der Waals surface area contributed by atoms with Gasteiger partial charge in [-0.15, -0.1) is 0 Å². The molecule has 0 unspecified atom stereocenters. The zero-order valence-corrected chi connectivity index (χ0v) is 13.8. The molecule has 1 fully saturated rings. The second-order valence-corrected chi connectivity index (χ2v) is 6.29. The summed E-state index contributed by atoms with van der Waals surface area (Å²) in [5.41, 5.74) is 1.38. The van der Waals surface area contributed by atoms with Gasteiger partial charge in [0.15, 0.2) is 0 Å². The Morgan fingerprint density at radius 3 is 2.62 bits per heavy atom. The van der Waals surface area contributed by atoms with E-state index in [4.69, 9.17) is 21.1 Å². The molecular formula is C17H26ClNO2. The van der Waals surface area contributed by atoms with Crippen LogP contribution >= 0.6 is 11.6 Å². The summed E-state index contributed by atoms with van der Waals surface area (Å²) in [6.45, 7) is 2.57. The van der Waals surface area contributed by atoms with Gasteiger partial charge in [0.1, 0.15) is 5.75 Å². The van der Waals surface area contributed by atoms with Gasteiger partial charge in [0.05, 0.1) is 13.7 Å². The zero-order chi connectivity index (χ0) is 15.1. The van der Waals surface area contributed by atoms with Crippen molar-refractivity contribution in [2.24, 2.45) is 0 Å². The summed E-state index contributed by atoms with van der Waals surface area (Å²) in [7, 11) is 3.47. The molecule has 0 saturated heterocycles. The molecule has 1 aliphatic carbocycles. The predicted molar refractivity (Wildman–Crippen MR) is 87.5 cm³/mol. The molecule has 21 heavy (non-hydrogen) atoms. The lowest BCUT2D eigenvalue weighted by Gasteiger charge is -2.39. The SMILES string of the molecule is COCCNCC1(c2cc(Cl)ccc2OC)CCCCC1. The molecule has 1 N–H and O–H groups in total. The van der Waals surface area contributed by atoms with Gasteiger partial charge in [0.2, 0.25) is 0 Å². The zero-order valence-electron chi connectivity index (χ0n) is 13.1. The number of rotatable bonds is 7. The third-order valence-electron chi connectivity index (χ3n) is 4.49. The van der Waals surface area contributed by atoms with Crippen molar-refractivity contribution in [1.29, 1.82) is 0 Å². The molecule has 0 aromatic heterocycles. The molecule has 0 bridgehead atoms. The third kappa shape index (κ3) is 4.12. The van der Waals surface area contributed by atoms with Gasteiger partial charge in [-0.05, 0) is 31.0 Å². The normalized spacial score (nSPS) is 17.7. The van der Waals surface area contributed by atoms with E-state index in [0.29, 0.717) is 0 Å². The molecule has 0 atom stereocenters. The highest BCUT2D eigenvalue weighted by atomic mass is 35.5. The van der Waals surface area contributed by atoms with Gasteiger partial charge >= 0.3 is 0 Å². The Morgan fingerprint density at radius 2 is 1.95 bits per heavy atom. The van der Waals surface area contributed by atoms with Crippen LogP contribution in [0.3, 0.4) is 0 Å². The van der Waals surface area contributed by atoms with E-state index in [2.05, 4.69) is 11.4 Å². The monoisotopic (exact) mass is 311 g/mol. The maximum atomic E-state index is 6.24. The van der Waals surface area contributed by atoms with Gasteiger partial charge in [0.25, 0.3) is 0 Å². The quantitative estimate of drug-likeness (QED) is 0.777. The predicted octanol–water partition coefficient (Wildman–Crippen LogP) is 3.79. The van der Waals surface area contributed by atoms with Gasteiger partial charge in [-0.2, -0.15) is 0 Å². The lowest BCUT2D eigenvalue weighted by Crippen LogP contribution is -2.41. The first-order valence-corrected chi connectivity index (χ1v) is 8.13. The summed E-state index contributed by atoms with van der Waals surface area (Å²) in [6, 6.07) is 5.98. The maximum Gasteiger partial charge on any atom is 0.122 e. The number of hydrogen-bond donors (Lipinski definition) is 1. The fourth-order valence-electron chi connectivity index (χ4n) is 3.37. The second kappa shape index (κ2) is 8.02. The lowest BCUT2D eigenvalue weighted by molar-refractivity contribution is 0.191. The van der Waals surface area contributed by atoms with Crippen molar-refractivity contribution in [3.63, 3.8) is 0 Å². The average molecular weight is 312 g/mol. The van der Waals surface area contributed by atoms with Crippen LogP contribution in [0.25, 0.3) is 0 Å². The van der Waals surface area contributed by atoms with Crippen molar-refractivity contribution in [1.82, 2.24) is 5.32 Å². The molecule has 0 radical (unpaired) electrons. The number of methoxy groups -OCH3 is 2. The van der Waals surface area contributed by atoms with Gasteiger partial charge in [-0.25, -0.2) is 0 Å². The summed E-state index contributed by atoms with van der Waals surface area (Å²) in [4.78, 5) is 0. The Labute approximate surface area is 133 Å². The molecule has 0 aliphatic heterocycles. The molecule has 4 heteroatoms. The Balaban J connectivity index is 2.24. The first kappa shape index (κ1) is 16.6. The molecule has 0 heterocycles.